The Labute approximate surface area is 187 Å². The van der Waals surface area contributed by atoms with Crippen LogP contribution in [0.2, 0.25) is 5.82 Å². The van der Waals surface area contributed by atoms with Crippen molar-refractivity contribution in [1.29, 1.82) is 0 Å². The van der Waals surface area contributed by atoms with E-state index < -0.39 is 11.2 Å². The second-order valence-corrected chi connectivity index (χ2v) is 9.23. The maximum Gasteiger partial charge on any atom is 0.323 e. The lowest BCUT2D eigenvalue weighted by Gasteiger charge is -2.39. The molecule has 2 rings (SSSR count). The van der Waals surface area contributed by atoms with Gasteiger partial charge in [-0.25, -0.2) is 4.79 Å². The van der Waals surface area contributed by atoms with E-state index in [2.05, 4.69) is 23.6 Å². The molecule has 0 heterocycles. The Balaban J connectivity index is 2.07. The highest BCUT2D eigenvalue weighted by Crippen LogP contribution is 2.36. The molecular weight excluding hydrogens is 387 g/mol. The Bertz CT molecular complexity index is 866. The highest BCUT2D eigenvalue weighted by atomic mass is 16.5. The second-order valence-electron chi connectivity index (χ2n) is 9.23. The van der Waals surface area contributed by atoms with Crippen molar-refractivity contribution in [2.75, 3.05) is 5.32 Å². The van der Waals surface area contributed by atoms with E-state index >= 15 is 0 Å². The third-order valence-corrected chi connectivity index (χ3v) is 6.01. The number of benzene rings is 1. The monoisotopic (exact) mass is 423 g/mol. The minimum atomic E-state index is -0.974. The smallest absolute Gasteiger partial charge is 0.323 e. The van der Waals surface area contributed by atoms with E-state index in [1.165, 1.54) is 0 Å². The number of nitrogens with one attached hydrogen (secondary N) is 2. The molecule has 1 aliphatic carbocycles. The van der Waals surface area contributed by atoms with Crippen molar-refractivity contribution in [2.24, 2.45) is 5.92 Å². The van der Waals surface area contributed by atoms with Crippen LogP contribution in [-0.2, 0) is 4.65 Å². The SMILES string of the molecule is CC=C(NC(=O)Nc1cccc(C)c1)C1=CC=CCC1C(C)[B]OC(C)(C)C(C)(C)O. The van der Waals surface area contributed by atoms with Gasteiger partial charge in [0.2, 0.25) is 0 Å². The number of rotatable bonds is 8. The molecule has 31 heavy (non-hydrogen) atoms. The summed E-state index contributed by atoms with van der Waals surface area (Å²) in [5.74, 6) is 0.225. The van der Waals surface area contributed by atoms with E-state index in [4.69, 9.17) is 4.65 Å². The van der Waals surface area contributed by atoms with Crippen LogP contribution in [0.15, 0.2) is 59.8 Å². The molecule has 2 unspecified atom stereocenters. The van der Waals surface area contributed by atoms with Crippen LogP contribution in [0.5, 0.6) is 0 Å². The average molecular weight is 423 g/mol. The number of amides is 2. The zero-order valence-corrected chi connectivity index (χ0v) is 19.8. The molecule has 1 aromatic rings. The fourth-order valence-corrected chi connectivity index (χ4v) is 3.27. The summed E-state index contributed by atoms with van der Waals surface area (Å²) in [6.45, 7) is 13.2. The Morgan fingerprint density at radius 2 is 2.03 bits per heavy atom. The summed E-state index contributed by atoms with van der Waals surface area (Å²) in [4.78, 5) is 12.6. The maximum absolute atomic E-state index is 12.6. The molecule has 0 fully saturated rings. The number of hydrogen-bond donors (Lipinski definition) is 3. The summed E-state index contributed by atoms with van der Waals surface area (Å²) in [6, 6.07) is 7.43. The number of aliphatic hydroxyl groups is 1. The van der Waals surface area contributed by atoms with Crippen LogP contribution in [0.4, 0.5) is 10.5 Å². The van der Waals surface area contributed by atoms with Crippen molar-refractivity contribution < 1.29 is 14.6 Å². The van der Waals surface area contributed by atoms with Gasteiger partial charge in [-0.05, 0) is 83.0 Å². The zero-order chi connectivity index (χ0) is 23.2. The number of anilines is 1. The van der Waals surface area contributed by atoms with Gasteiger partial charge in [0.15, 0.2) is 0 Å². The molecule has 1 radical (unpaired) electrons. The van der Waals surface area contributed by atoms with Gasteiger partial charge in [0.05, 0.1) is 11.2 Å². The average Bonchev–Trinajstić information content (AvgIpc) is 2.69. The highest BCUT2D eigenvalue weighted by molar-refractivity contribution is 6.29. The zero-order valence-electron chi connectivity index (χ0n) is 19.8. The molecule has 2 amide bonds. The van der Waals surface area contributed by atoms with Gasteiger partial charge in [-0.3, -0.25) is 0 Å². The molecular formula is C25H36BN2O3. The molecule has 3 N–H and O–H groups in total. The number of allylic oxidation sites excluding steroid dienone is 5. The van der Waals surface area contributed by atoms with Gasteiger partial charge < -0.3 is 20.4 Å². The minimum Gasteiger partial charge on any atom is -0.433 e. The predicted octanol–water partition coefficient (Wildman–Crippen LogP) is 5.52. The van der Waals surface area contributed by atoms with Gasteiger partial charge >= 0.3 is 6.03 Å². The summed E-state index contributed by atoms with van der Waals surface area (Å²) >= 11 is 0. The molecule has 2 atom stereocenters. The fourth-order valence-electron chi connectivity index (χ4n) is 3.27. The largest absolute Gasteiger partial charge is 0.433 e. The number of carbonyl (C=O) groups is 1. The van der Waals surface area contributed by atoms with Crippen molar-refractivity contribution in [3.05, 3.63) is 65.4 Å². The third-order valence-electron chi connectivity index (χ3n) is 6.01. The molecule has 0 bridgehead atoms. The van der Waals surface area contributed by atoms with Gasteiger partial charge in [-0.15, -0.1) is 0 Å². The Kier molecular flexibility index (Phi) is 8.32. The van der Waals surface area contributed by atoms with Crippen molar-refractivity contribution in [1.82, 2.24) is 5.32 Å². The molecule has 1 aromatic carbocycles. The number of hydrogen-bond acceptors (Lipinski definition) is 3. The van der Waals surface area contributed by atoms with E-state index in [0.29, 0.717) is 0 Å². The lowest BCUT2D eigenvalue weighted by Crippen LogP contribution is -2.48. The third kappa shape index (κ3) is 6.84. The van der Waals surface area contributed by atoms with E-state index in [0.717, 1.165) is 28.9 Å². The van der Waals surface area contributed by atoms with Crippen molar-refractivity contribution in [3.8, 4) is 0 Å². The summed E-state index contributed by atoms with van der Waals surface area (Å²) in [6.07, 6.45) is 8.95. The van der Waals surface area contributed by atoms with Crippen LogP contribution in [0.3, 0.4) is 0 Å². The van der Waals surface area contributed by atoms with Gasteiger partial charge in [0.1, 0.15) is 0 Å². The second kappa shape index (κ2) is 10.3. The van der Waals surface area contributed by atoms with Crippen LogP contribution in [0.1, 0.15) is 53.5 Å². The first-order valence-electron chi connectivity index (χ1n) is 10.9. The molecule has 167 valence electrons. The van der Waals surface area contributed by atoms with E-state index in [9.17, 15) is 9.90 Å². The first-order chi connectivity index (χ1) is 14.4. The van der Waals surface area contributed by atoms with Crippen LogP contribution in [0.25, 0.3) is 0 Å². The maximum atomic E-state index is 12.6. The van der Waals surface area contributed by atoms with Crippen molar-refractivity contribution >= 4 is 19.2 Å². The Morgan fingerprint density at radius 1 is 1.32 bits per heavy atom. The molecule has 5 nitrogen and oxygen atoms in total. The van der Waals surface area contributed by atoms with E-state index in [1.807, 2.05) is 77.7 Å². The summed E-state index contributed by atoms with van der Waals surface area (Å²) in [5, 5.41) is 16.2. The van der Waals surface area contributed by atoms with Gasteiger partial charge in [-0.2, -0.15) is 0 Å². The van der Waals surface area contributed by atoms with Crippen LogP contribution in [0, 0.1) is 12.8 Å². The molecule has 0 saturated carbocycles. The van der Waals surface area contributed by atoms with E-state index in [1.54, 1.807) is 13.8 Å². The van der Waals surface area contributed by atoms with Crippen LogP contribution < -0.4 is 10.6 Å². The van der Waals surface area contributed by atoms with Crippen molar-refractivity contribution in [3.63, 3.8) is 0 Å². The summed E-state index contributed by atoms with van der Waals surface area (Å²) in [5.41, 5.74) is 1.98. The molecule has 0 saturated heterocycles. The quantitative estimate of drug-likeness (QED) is 0.483. The predicted molar refractivity (Wildman–Crippen MR) is 129 cm³/mol. The fraction of sp³-hybridized carbons (Fsp3) is 0.480. The Hall–Kier alpha value is -2.31. The molecule has 0 aromatic heterocycles. The molecule has 0 aliphatic heterocycles. The lowest BCUT2D eigenvalue weighted by atomic mass is 9.66. The Morgan fingerprint density at radius 3 is 2.65 bits per heavy atom. The van der Waals surface area contributed by atoms with E-state index in [-0.39, 0.29) is 17.8 Å². The number of urea groups is 1. The number of aryl methyl sites for hydroxylation is 1. The van der Waals surface area contributed by atoms with Crippen molar-refractivity contribution in [2.45, 2.75) is 71.9 Å². The lowest BCUT2D eigenvalue weighted by molar-refractivity contribution is -0.0911. The first-order valence-corrected chi connectivity index (χ1v) is 10.9. The highest BCUT2D eigenvalue weighted by Gasteiger charge is 2.37. The number of carbonyl (C=O) groups excluding carboxylic acids is 1. The molecule has 6 heteroatoms. The first kappa shape index (κ1) is 25.0. The topological polar surface area (TPSA) is 70.6 Å². The van der Waals surface area contributed by atoms with Crippen LogP contribution >= 0.6 is 0 Å². The van der Waals surface area contributed by atoms with Crippen LogP contribution in [-0.4, -0.2) is 29.8 Å². The molecule has 1 aliphatic rings. The van der Waals surface area contributed by atoms with Gasteiger partial charge in [0, 0.05) is 11.4 Å². The van der Waals surface area contributed by atoms with Gasteiger partial charge in [-0.1, -0.05) is 43.4 Å². The normalized spacial score (nSPS) is 18.3. The van der Waals surface area contributed by atoms with Gasteiger partial charge in [0.25, 0.3) is 7.48 Å². The standard InChI is InChI=1S/C25H36BN2O3/c1-8-22(28-23(29)27-19-13-11-12-17(2)16-19)21-15-10-9-14-20(21)18(3)26-31-25(6,7)24(4,5)30/h8-13,15-16,18,20,30H,14H2,1-7H3,(H2,27,28,29). The summed E-state index contributed by atoms with van der Waals surface area (Å²) < 4.78 is 6.00. The molecule has 0 spiro atoms. The summed E-state index contributed by atoms with van der Waals surface area (Å²) in [7, 11) is 1.82. The minimum absolute atomic E-state index is 0.0782.